The van der Waals surface area contributed by atoms with Crippen LogP contribution in [0.4, 0.5) is 5.69 Å². The van der Waals surface area contributed by atoms with Crippen molar-refractivity contribution in [2.24, 2.45) is 0 Å². The standard InChI is InChI=1S/C17H27N3O/c1-13-9-14(2)11-16(10-13)18-15-5-7-20(8-6-15)12-17(21)19(3)4/h9-11,15,18H,5-8,12H2,1-4H3. The molecule has 0 spiro atoms. The van der Waals surface area contributed by atoms with Crippen LogP contribution in [0.5, 0.6) is 0 Å². The van der Waals surface area contributed by atoms with Gasteiger partial charge in [-0.3, -0.25) is 9.69 Å². The molecule has 0 saturated carbocycles. The average molecular weight is 289 g/mol. The molecule has 1 aliphatic heterocycles. The predicted octanol–water partition coefficient (Wildman–Crippen LogP) is 2.27. The number of nitrogens with zero attached hydrogens (tertiary/aromatic N) is 2. The molecule has 1 aromatic carbocycles. The predicted molar refractivity (Wildman–Crippen MR) is 87.7 cm³/mol. The van der Waals surface area contributed by atoms with Crippen LogP contribution in [-0.4, -0.2) is 55.5 Å². The molecule has 4 heteroatoms. The van der Waals surface area contributed by atoms with Gasteiger partial charge in [0.25, 0.3) is 0 Å². The second-order valence-electron chi connectivity index (χ2n) is 6.36. The minimum atomic E-state index is 0.190. The molecule has 0 unspecified atom stereocenters. The molecular formula is C17H27N3O. The fraction of sp³-hybridized carbons (Fsp3) is 0.588. The summed E-state index contributed by atoms with van der Waals surface area (Å²) < 4.78 is 0. The Morgan fingerprint density at radius 2 is 1.76 bits per heavy atom. The summed E-state index contributed by atoms with van der Waals surface area (Å²) in [7, 11) is 3.63. The molecule has 1 heterocycles. The van der Waals surface area contributed by atoms with Crippen molar-refractivity contribution in [1.82, 2.24) is 9.80 Å². The third-order valence-corrected chi connectivity index (χ3v) is 4.04. The van der Waals surface area contributed by atoms with Gasteiger partial charge in [-0.25, -0.2) is 0 Å². The SMILES string of the molecule is Cc1cc(C)cc(NC2CCN(CC(=O)N(C)C)CC2)c1. The van der Waals surface area contributed by atoms with Crippen LogP contribution in [0.3, 0.4) is 0 Å². The second kappa shape index (κ2) is 6.94. The summed E-state index contributed by atoms with van der Waals surface area (Å²) in [4.78, 5) is 15.6. The third kappa shape index (κ3) is 4.74. The summed E-state index contributed by atoms with van der Waals surface area (Å²) >= 11 is 0. The fourth-order valence-corrected chi connectivity index (χ4v) is 2.86. The average Bonchev–Trinajstić information content (AvgIpc) is 2.39. The first-order chi connectivity index (χ1) is 9.94. The molecule has 1 aliphatic rings. The van der Waals surface area contributed by atoms with E-state index in [1.807, 2.05) is 14.1 Å². The van der Waals surface area contributed by atoms with Crippen LogP contribution in [0.15, 0.2) is 18.2 Å². The number of aryl methyl sites for hydroxylation is 2. The van der Waals surface area contributed by atoms with E-state index in [2.05, 4.69) is 42.3 Å². The minimum absolute atomic E-state index is 0.190. The van der Waals surface area contributed by atoms with Crippen LogP contribution < -0.4 is 5.32 Å². The van der Waals surface area contributed by atoms with Gasteiger partial charge in [0.15, 0.2) is 0 Å². The van der Waals surface area contributed by atoms with E-state index in [0.29, 0.717) is 12.6 Å². The fourth-order valence-electron chi connectivity index (χ4n) is 2.86. The Kier molecular flexibility index (Phi) is 5.23. The highest BCUT2D eigenvalue weighted by Gasteiger charge is 2.21. The molecular weight excluding hydrogens is 262 g/mol. The van der Waals surface area contributed by atoms with Crippen molar-refractivity contribution in [2.75, 3.05) is 39.0 Å². The van der Waals surface area contributed by atoms with Gasteiger partial charge in [0.05, 0.1) is 6.54 Å². The lowest BCUT2D eigenvalue weighted by Gasteiger charge is -2.33. The summed E-state index contributed by atoms with van der Waals surface area (Å²) in [5, 5.41) is 3.64. The quantitative estimate of drug-likeness (QED) is 0.923. The Morgan fingerprint density at radius 3 is 2.29 bits per heavy atom. The van der Waals surface area contributed by atoms with Crippen LogP contribution in [0.1, 0.15) is 24.0 Å². The molecule has 1 fully saturated rings. The maximum atomic E-state index is 11.7. The molecule has 21 heavy (non-hydrogen) atoms. The van der Waals surface area contributed by atoms with E-state index >= 15 is 0 Å². The molecule has 0 atom stereocenters. The number of hydrogen-bond acceptors (Lipinski definition) is 3. The van der Waals surface area contributed by atoms with Crippen molar-refractivity contribution in [3.8, 4) is 0 Å². The van der Waals surface area contributed by atoms with Crippen molar-refractivity contribution in [2.45, 2.75) is 32.7 Å². The Bertz CT molecular complexity index is 471. The van der Waals surface area contributed by atoms with Crippen molar-refractivity contribution in [1.29, 1.82) is 0 Å². The summed E-state index contributed by atoms with van der Waals surface area (Å²) in [6.07, 6.45) is 2.18. The van der Waals surface area contributed by atoms with E-state index in [0.717, 1.165) is 25.9 Å². The molecule has 0 aliphatic carbocycles. The van der Waals surface area contributed by atoms with Gasteiger partial charge in [-0.2, -0.15) is 0 Å². The monoisotopic (exact) mass is 289 g/mol. The van der Waals surface area contributed by atoms with Gasteiger partial charge in [0, 0.05) is 38.9 Å². The number of amides is 1. The number of nitrogens with one attached hydrogen (secondary N) is 1. The molecule has 2 rings (SSSR count). The molecule has 0 bridgehead atoms. The molecule has 1 aromatic rings. The van der Waals surface area contributed by atoms with Crippen LogP contribution in [0, 0.1) is 13.8 Å². The van der Waals surface area contributed by atoms with E-state index in [9.17, 15) is 4.79 Å². The van der Waals surface area contributed by atoms with E-state index in [-0.39, 0.29) is 5.91 Å². The number of anilines is 1. The van der Waals surface area contributed by atoms with Crippen LogP contribution >= 0.6 is 0 Å². The summed E-state index contributed by atoms with van der Waals surface area (Å²) in [5.74, 6) is 0.190. The first kappa shape index (κ1) is 15.8. The highest BCUT2D eigenvalue weighted by molar-refractivity contribution is 5.77. The van der Waals surface area contributed by atoms with Gasteiger partial charge in [-0.05, 0) is 49.9 Å². The minimum Gasteiger partial charge on any atom is -0.382 e. The van der Waals surface area contributed by atoms with Gasteiger partial charge < -0.3 is 10.2 Å². The number of carbonyl (C=O) groups excluding carboxylic acids is 1. The van der Waals surface area contributed by atoms with Gasteiger partial charge in [0.2, 0.25) is 5.91 Å². The number of benzene rings is 1. The van der Waals surface area contributed by atoms with Crippen molar-refractivity contribution >= 4 is 11.6 Å². The van der Waals surface area contributed by atoms with E-state index in [1.54, 1.807) is 4.90 Å². The number of likely N-dealkylation sites (N-methyl/N-ethyl adjacent to an activating group) is 1. The lowest BCUT2D eigenvalue weighted by atomic mass is 10.0. The Hall–Kier alpha value is -1.55. The topological polar surface area (TPSA) is 35.6 Å². The number of carbonyl (C=O) groups is 1. The molecule has 116 valence electrons. The van der Waals surface area contributed by atoms with Gasteiger partial charge in [-0.1, -0.05) is 6.07 Å². The largest absolute Gasteiger partial charge is 0.382 e. The molecule has 1 N–H and O–H groups in total. The Balaban J connectivity index is 1.82. The van der Waals surface area contributed by atoms with Crippen LogP contribution in [-0.2, 0) is 4.79 Å². The van der Waals surface area contributed by atoms with E-state index in [4.69, 9.17) is 0 Å². The highest BCUT2D eigenvalue weighted by atomic mass is 16.2. The lowest BCUT2D eigenvalue weighted by molar-refractivity contribution is -0.130. The van der Waals surface area contributed by atoms with Crippen LogP contribution in [0.25, 0.3) is 0 Å². The van der Waals surface area contributed by atoms with Gasteiger partial charge in [-0.15, -0.1) is 0 Å². The van der Waals surface area contributed by atoms with Crippen LogP contribution in [0.2, 0.25) is 0 Å². The number of rotatable bonds is 4. The zero-order chi connectivity index (χ0) is 15.4. The third-order valence-electron chi connectivity index (χ3n) is 4.04. The summed E-state index contributed by atoms with van der Waals surface area (Å²) in [6.45, 7) is 6.79. The Morgan fingerprint density at radius 1 is 1.19 bits per heavy atom. The highest BCUT2D eigenvalue weighted by Crippen LogP contribution is 2.19. The number of piperidine rings is 1. The number of hydrogen-bond donors (Lipinski definition) is 1. The first-order valence-electron chi connectivity index (χ1n) is 7.71. The van der Waals surface area contributed by atoms with Crippen molar-refractivity contribution in [3.63, 3.8) is 0 Å². The lowest BCUT2D eigenvalue weighted by Crippen LogP contribution is -2.43. The maximum absolute atomic E-state index is 11.7. The summed E-state index contributed by atoms with van der Waals surface area (Å²) in [6, 6.07) is 7.11. The number of likely N-dealkylation sites (tertiary alicyclic amines) is 1. The molecule has 0 radical (unpaired) electrons. The normalized spacial score (nSPS) is 16.8. The smallest absolute Gasteiger partial charge is 0.236 e. The second-order valence-corrected chi connectivity index (χ2v) is 6.36. The van der Waals surface area contributed by atoms with Crippen molar-refractivity contribution in [3.05, 3.63) is 29.3 Å². The maximum Gasteiger partial charge on any atom is 0.236 e. The molecule has 0 aromatic heterocycles. The molecule has 1 saturated heterocycles. The van der Waals surface area contributed by atoms with E-state index in [1.165, 1.54) is 16.8 Å². The van der Waals surface area contributed by atoms with E-state index < -0.39 is 0 Å². The summed E-state index contributed by atoms with van der Waals surface area (Å²) in [5.41, 5.74) is 3.81. The zero-order valence-corrected chi connectivity index (χ0v) is 13.6. The van der Waals surface area contributed by atoms with Gasteiger partial charge in [0.1, 0.15) is 0 Å². The first-order valence-corrected chi connectivity index (χ1v) is 7.71. The Labute approximate surface area is 128 Å². The van der Waals surface area contributed by atoms with Gasteiger partial charge >= 0.3 is 0 Å². The zero-order valence-electron chi connectivity index (χ0n) is 13.6. The molecule has 1 amide bonds. The van der Waals surface area contributed by atoms with Crippen molar-refractivity contribution < 1.29 is 4.79 Å². The molecule has 4 nitrogen and oxygen atoms in total.